The van der Waals surface area contributed by atoms with Gasteiger partial charge in [0.15, 0.2) is 11.7 Å². The van der Waals surface area contributed by atoms with E-state index in [1.54, 1.807) is 14.2 Å². The molecule has 1 heterocycles. The van der Waals surface area contributed by atoms with Gasteiger partial charge in [0.05, 0.1) is 18.3 Å². The molecule has 1 aromatic heterocycles. The van der Waals surface area contributed by atoms with Gasteiger partial charge in [0.1, 0.15) is 0 Å². The average molecular weight is 280 g/mol. The van der Waals surface area contributed by atoms with Crippen LogP contribution in [0.25, 0.3) is 0 Å². The molecule has 20 heavy (non-hydrogen) atoms. The molecule has 2 atom stereocenters. The first-order chi connectivity index (χ1) is 9.47. The molecule has 1 saturated carbocycles. The lowest BCUT2D eigenvalue weighted by Crippen LogP contribution is -2.63. The van der Waals surface area contributed by atoms with Crippen LogP contribution >= 0.6 is 0 Å². The van der Waals surface area contributed by atoms with Gasteiger partial charge in [0.2, 0.25) is 0 Å². The van der Waals surface area contributed by atoms with Gasteiger partial charge in [-0.05, 0) is 13.3 Å². The zero-order valence-corrected chi connectivity index (χ0v) is 12.9. The monoisotopic (exact) mass is 280 g/mol. The van der Waals surface area contributed by atoms with Crippen LogP contribution in [-0.2, 0) is 11.3 Å². The van der Waals surface area contributed by atoms with Crippen molar-refractivity contribution in [2.75, 3.05) is 14.2 Å². The maximum Gasteiger partial charge on any atom is 0.191 e. The van der Waals surface area contributed by atoms with Gasteiger partial charge in [-0.1, -0.05) is 19.0 Å². The van der Waals surface area contributed by atoms with E-state index in [2.05, 4.69) is 34.6 Å². The first kappa shape index (κ1) is 14.8. The van der Waals surface area contributed by atoms with Crippen molar-refractivity contribution in [3.63, 3.8) is 0 Å². The normalized spacial score (nSPS) is 25.1. The Morgan fingerprint density at radius 3 is 2.85 bits per heavy atom. The van der Waals surface area contributed by atoms with Gasteiger partial charge in [-0.15, -0.1) is 0 Å². The quantitative estimate of drug-likeness (QED) is 0.645. The number of aromatic nitrogens is 1. The summed E-state index contributed by atoms with van der Waals surface area (Å²) in [5.41, 5.74) is 0.989. The number of ether oxygens (including phenoxy) is 1. The van der Waals surface area contributed by atoms with Crippen LogP contribution in [0.15, 0.2) is 15.6 Å². The molecule has 1 aliphatic rings. The van der Waals surface area contributed by atoms with Crippen molar-refractivity contribution in [2.45, 2.75) is 45.9 Å². The van der Waals surface area contributed by atoms with Gasteiger partial charge < -0.3 is 19.9 Å². The fourth-order valence-electron chi connectivity index (χ4n) is 2.56. The zero-order chi connectivity index (χ0) is 14.8. The van der Waals surface area contributed by atoms with Gasteiger partial charge in [-0.2, -0.15) is 0 Å². The van der Waals surface area contributed by atoms with Gasteiger partial charge in [0, 0.05) is 31.7 Å². The summed E-state index contributed by atoms with van der Waals surface area (Å²) in [7, 11) is 3.53. The fraction of sp³-hybridized carbons (Fsp3) is 0.714. The molecule has 0 saturated heterocycles. The Labute approximate surface area is 120 Å². The summed E-state index contributed by atoms with van der Waals surface area (Å²) in [5, 5.41) is 10.5. The van der Waals surface area contributed by atoms with Crippen molar-refractivity contribution in [2.24, 2.45) is 10.4 Å². The summed E-state index contributed by atoms with van der Waals surface area (Å²) in [6.07, 6.45) is 1.29. The van der Waals surface area contributed by atoms with Crippen LogP contribution in [0.4, 0.5) is 0 Å². The molecule has 6 nitrogen and oxygen atoms in total. The van der Waals surface area contributed by atoms with Crippen molar-refractivity contribution in [3.05, 3.63) is 17.5 Å². The maximum atomic E-state index is 5.46. The average Bonchev–Trinajstić information content (AvgIpc) is 2.83. The van der Waals surface area contributed by atoms with E-state index in [9.17, 15) is 0 Å². The summed E-state index contributed by atoms with van der Waals surface area (Å²) in [6, 6.07) is 2.27. The van der Waals surface area contributed by atoms with Gasteiger partial charge >= 0.3 is 0 Å². The Balaban J connectivity index is 1.85. The minimum atomic E-state index is 0.106. The molecule has 6 heteroatoms. The molecule has 0 aliphatic heterocycles. The van der Waals surface area contributed by atoms with Crippen LogP contribution in [0.3, 0.4) is 0 Å². The lowest BCUT2D eigenvalue weighted by atomic mass is 9.64. The van der Waals surface area contributed by atoms with E-state index in [1.165, 1.54) is 0 Å². The molecular weight excluding hydrogens is 256 g/mol. The third-order valence-corrected chi connectivity index (χ3v) is 4.10. The van der Waals surface area contributed by atoms with E-state index in [0.717, 1.165) is 23.8 Å². The number of hydrogen-bond acceptors (Lipinski definition) is 4. The fourth-order valence-corrected chi connectivity index (χ4v) is 2.56. The standard InChI is InChI=1S/C14H24N4O2/c1-9-6-10(20-18-9)8-16-13(15-4)17-11-7-12(19-5)14(11,2)3/h6,11-12H,7-8H2,1-5H3,(H2,15,16,17). The van der Waals surface area contributed by atoms with Crippen molar-refractivity contribution in [3.8, 4) is 0 Å². The highest BCUT2D eigenvalue weighted by Gasteiger charge is 2.48. The number of nitrogens with zero attached hydrogens (tertiary/aromatic N) is 2. The van der Waals surface area contributed by atoms with Crippen LogP contribution < -0.4 is 10.6 Å². The highest BCUT2D eigenvalue weighted by atomic mass is 16.5. The van der Waals surface area contributed by atoms with E-state index in [-0.39, 0.29) is 5.41 Å². The third-order valence-electron chi connectivity index (χ3n) is 4.10. The molecular formula is C14H24N4O2. The summed E-state index contributed by atoms with van der Waals surface area (Å²) in [6.45, 7) is 6.88. The van der Waals surface area contributed by atoms with Crippen LogP contribution in [-0.4, -0.2) is 37.4 Å². The minimum absolute atomic E-state index is 0.106. The Morgan fingerprint density at radius 1 is 1.60 bits per heavy atom. The topological polar surface area (TPSA) is 71.7 Å². The molecule has 0 amide bonds. The highest BCUT2D eigenvalue weighted by molar-refractivity contribution is 5.80. The number of aliphatic imine (C=N–C) groups is 1. The molecule has 2 unspecified atom stereocenters. The first-order valence-corrected chi connectivity index (χ1v) is 6.89. The third kappa shape index (κ3) is 2.95. The van der Waals surface area contributed by atoms with E-state index in [1.807, 2.05) is 13.0 Å². The van der Waals surface area contributed by atoms with Crippen molar-refractivity contribution < 1.29 is 9.26 Å². The molecule has 2 rings (SSSR count). The Bertz CT molecular complexity index is 481. The lowest BCUT2D eigenvalue weighted by molar-refractivity contribution is -0.0922. The molecule has 0 bridgehead atoms. The van der Waals surface area contributed by atoms with Gasteiger partial charge in [-0.25, -0.2) is 0 Å². The van der Waals surface area contributed by atoms with Crippen LogP contribution in [0, 0.1) is 12.3 Å². The molecule has 0 radical (unpaired) electrons. The Hall–Kier alpha value is -1.56. The number of methoxy groups -OCH3 is 1. The van der Waals surface area contributed by atoms with Crippen molar-refractivity contribution in [1.82, 2.24) is 15.8 Å². The van der Waals surface area contributed by atoms with Crippen LogP contribution in [0.5, 0.6) is 0 Å². The molecule has 112 valence electrons. The van der Waals surface area contributed by atoms with Crippen molar-refractivity contribution in [1.29, 1.82) is 0 Å². The number of nitrogens with one attached hydrogen (secondary N) is 2. The molecule has 2 N–H and O–H groups in total. The molecule has 0 aromatic carbocycles. The van der Waals surface area contributed by atoms with Gasteiger partial charge in [-0.3, -0.25) is 4.99 Å². The van der Waals surface area contributed by atoms with E-state index in [0.29, 0.717) is 18.7 Å². The summed E-state index contributed by atoms with van der Waals surface area (Å²) >= 11 is 0. The summed E-state index contributed by atoms with van der Waals surface area (Å²) < 4.78 is 10.6. The predicted molar refractivity (Wildman–Crippen MR) is 77.6 cm³/mol. The lowest BCUT2D eigenvalue weighted by Gasteiger charge is -2.51. The SMILES string of the molecule is CN=C(NCc1cc(C)no1)NC1CC(OC)C1(C)C. The smallest absolute Gasteiger partial charge is 0.191 e. The van der Waals surface area contributed by atoms with Crippen LogP contribution in [0.1, 0.15) is 31.7 Å². The number of rotatable bonds is 4. The second-order valence-corrected chi connectivity index (χ2v) is 5.84. The van der Waals surface area contributed by atoms with Crippen molar-refractivity contribution >= 4 is 5.96 Å². The molecule has 1 aliphatic carbocycles. The summed E-state index contributed by atoms with van der Waals surface area (Å²) in [5.74, 6) is 1.57. The second kappa shape index (κ2) is 5.83. The number of hydrogen-bond donors (Lipinski definition) is 2. The maximum absolute atomic E-state index is 5.46. The largest absolute Gasteiger partial charge is 0.381 e. The number of aryl methyl sites for hydroxylation is 1. The predicted octanol–water partition coefficient (Wildman–Crippen LogP) is 1.46. The zero-order valence-electron chi connectivity index (χ0n) is 12.9. The van der Waals surface area contributed by atoms with E-state index in [4.69, 9.17) is 9.26 Å². The molecule has 0 spiro atoms. The van der Waals surface area contributed by atoms with E-state index < -0.39 is 0 Å². The Morgan fingerprint density at radius 2 is 2.35 bits per heavy atom. The van der Waals surface area contributed by atoms with Crippen LogP contribution in [0.2, 0.25) is 0 Å². The second-order valence-electron chi connectivity index (χ2n) is 5.84. The number of guanidine groups is 1. The van der Waals surface area contributed by atoms with Gasteiger partial charge in [0.25, 0.3) is 0 Å². The van der Waals surface area contributed by atoms with E-state index >= 15 is 0 Å². The first-order valence-electron chi connectivity index (χ1n) is 6.89. The highest BCUT2D eigenvalue weighted by Crippen LogP contribution is 2.42. The minimum Gasteiger partial charge on any atom is -0.381 e. The Kier molecular flexibility index (Phi) is 4.32. The molecule has 1 fully saturated rings. The molecule has 1 aromatic rings. The summed E-state index contributed by atoms with van der Waals surface area (Å²) in [4.78, 5) is 4.24.